The zero-order chi connectivity index (χ0) is 25.0. The van der Waals surface area contributed by atoms with Gasteiger partial charge in [-0.25, -0.2) is 15.2 Å². The Bertz CT molecular complexity index is 1120. The van der Waals surface area contributed by atoms with E-state index in [2.05, 4.69) is 25.8 Å². The summed E-state index contributed by atoms with van der Waals surface area (Å²) in [6.07, 6.45) is 4.01. The summed E-state index contributed by atoms with van der Waals surface area (Å²) in [5, 5.41) is 6.61. The van der Waals surface area contributed by atoms with Gasteiger partial charge in [-0.15, -0.1) is 0 Å². The largest absolute Gasteiger partial charge is 0.493 e. The summed E-state index contributed by atoms with van der Waals surface area (Å²) in [7, 11) is 1.55. The highest BCUT2D eigenvalue weighted by molar-refractivity contribution is 5.87. The molecule has 3 rings (SSSR count). The quantitative estimate of drug-likeness (QED) is 0.286. The van der Waals surface area contributed by atoms with Gasteiger partial charge in [-0.2, -0.15) is 5.10 Å². The van der Waals surface area contributed by atoms with Crippen LogP contribution in [0.15, 0.2) is 66.2 Å². The molecule has 0 bridgehead atoms. The van der Waals surface area contributed by atoms with Gasteiger partial charge in [-0.05, 0) is 43.2 Å². The summed E-state index contributed by atoms with van der Waals surface area (Å²) >= 11 is 0. The summed E-state index contributed by atoms with van der Waals surface area (Å²) < 4.78 is 16.3. The molecule has 184 valence electrons. The number of rotatable bonds is 11. The first-order valence-corrected chi connectivity index (χ1v) is 11.1. The lowest BCUT2D eigenvalue weighted by molar-refractivity contribution is -0.123. The van der Waals surface area contributed by atoms with E-state index >= 15 is 0 Å². The maximum atomic E-state index is 12.8. The number of nitrogens with one attached hydrogen (secondary N) is 3. The van der Waals surface area contributed by atoms with Gasteiger partial charge in [0.05, 0.1) is 25.8 Å². The van der Waals surface area contributed by atoms with Crippen LogP contribution in [-0.4, -0.2) is 47.4 Å². The molecule has 3 N–H and O–H groups in total. The molecule has 0 aliphatic carbocycles. The molecule has 0 saturated carbocycles. The topological polar surface area (TPSA) is 127 Å². The number of hydrazone groups is 1. The Morgan fingerprint density at radius 3 is 2.63 bits per heavy atom. The van der Waals surface area contributed by atoms with Gasteiger partial charge in [-0.1, -0.05) is 30.3 Å². The molecule has 0 spiro atoms. The predicted octanol–water partition coefficient (Wildman–Crippen LogP) is 3.19. The van der Waals surface area contributed by atoms with Crippen molar-refractivity contribution < 1.29 is 23.8 Å². The number of ether oxygens (including phenoxy) is 3. The van der Waals surface area contributed by atoms with E-state index < -0.39 is 18.0 Å². The summed E-state index contributed by atoms with van der Waals surface area (Å²) in [4.78, 5) is 32.0. The number of amides is 2. The Balaban J connectivity index is 1.61. The second-order valence-corrected chi connectivity index (χ2v) is 7.85. The van der Waals surface area contributed by atoms with Crippen molar-refractivity contribution in [2.45, 2.75) is 39.0 Å². The van der Waals surface area contributed by atoms with Gasteiger partial charge in [0.25, 0.3) is 5.91 Å². The molecule has 35 heavy (non-hydrogen) atoms. The highest BCUT2D eigenvalue weighted by Gasteiger charge is 2.22. The van der Waals surface area contributed by atoms with Crippen molar-refractivity contribution in [3.05, 3.63) is 77.9 Å². The Kier molecular flexibility index (Phi) is 9.23. The van der Waals surface area contributed by atoms with E-state index in [1.165, 1.54) is 12.5 Å². The van der Waals surface area contributed by atoms with Gasteiger partial charge in [0.15, 0.2) is 11.5 Å². The lowest BCUT2D eigenvalue weighted by Gasteiger charge is -2.16. The number of carbonyl (C=O) groups excluding carboxylic acids is 2. The van der Waals surface area contributed by atoms with Crippen molar-refractivity contribution in [2.24, 2.45) is 5.10 Å². The Morgan fingerprint density at radius 2 is 1.94 bits per heavy atom. The SMILES string of the molecule is COc1cc(/C=N\NC(=O)[C@@H](Cc2cnc[nH]2)NC(=O)OCc2ccccc2)ccc1OC(C)C. The summed E-state index contributed by atoms with van der Waals surface area (Å²) in [6.45, 7) is 3.94. The van der Waals surface area contributed by atoms with Crippen molar-refractivity contribution in [1.29, 1.82) is 0 Å². The van der Waals surface area contributed by atoms with Crippen LogP contribution in [0.4, 0.5) is 4.79 Å². The van der Waals surface area contributed by atoms with Crippen LogP contribution < -0.4 is 20.2 Å². The highest BCUT2D eigenvalue weighted by atomic mass is 16.5. The van der Waals surface area contributed by atoms with Crippen molar-refractivity contribution in [3.63, 3.8) is 0 Å². The third-order valence-corrected chi connectivity index (χ3v) is 4.74. The maximum Gasteiger partial charge on any atom is 0.408 e. The van der Waals surface area contributed by atoms with Gasteiger partial charge in [0.1, 0.15) is 12.6 Å². The molecule has 1 atom stereocenters. The summed E-state index contributed by atoms with van der Waals surface area (Å²) in [6, 6.07) is 13.6. The number of hydrogen-bond donors (Lipinski definition) is 3. The second kappa shape index (κ2) is 12.8. The van der Waals surface area contributed by atoms with Crippen LogP contribution in [0, 0.1) is 0 Å². The van der Waals surface area contributed by atoms with Crippen molar-refractivity contribution in [1.82, 2.24) is 20.7 Å². The van der Waals surface area contributed by atoms with Crippen LogP contribution in [0.1, 0.15) is 30.7 Å². The number of carbonyl (C=O) groups is 2. The Morgan fingerprint density at radius 1 is 1.14 bits per heavy atom. The van der Waals surface area contributed by atoms with Crippen LogP contribution in [0.5, 0.6) is 11.5 Å². The lowest BCUT2D eigenvalue weighted by Crippen LogP contribution is -2.47. The van der Waals surface area contributed by atoms with Crippen LogP contribution in [0.25, 0.3) is 0 Å². The number of imidazole rings is 1. The van der Waals surface area contributed by atoms with Crippen molar-refractivity contribution >= 4 is 18.2 Å². The first kappa shape index (κ1) is 25.3. The average Bonchev–Trinajstić information content (AvgIpc) is 3.36. The molecule has 10 heteroatoms. The molecule has 10 nitrogen and oxygen atoms in total. The van der Waals surface area contributed by atoms with E-state index in [0.29, 0.717) is 22.8 Å². The minimum Gasteiger partial charge on any atom is -0.493 e. The molecule has 0 aliphatic heterocycles. The summed E-state index contributed by atoms with van der Waals surface area (Å²) in [5.41, 5.74) is 4.66. The van der Waals surface area contributed by atoms with E-state index in [4.69, 9.17) is 14.2 Å². The number of aromatic nitrogens is 2. The van der Waals surface area contributed by atoms with Crippen molar-refractivity contribution in [2.75, 3.05) is 7.11 Å². The van der Waals surface area contributed by atoms with E-state index in [-0.39, 0.29) is 19.1 Å². The molecule has 3 aromatic rings. The van der Waals surface area contributed by atoms with Gasteiger partial charge < -0.3 is 24.5 Å². The first-order valence-electron chi connectivity index (χ1n) is 11.1. The highest BCUT2D eigenvalue weighted by Crippen LogP contribution is 2.28. The molecule has 1 heterocycles. The van der Waals surface area contributed by atoms with Crippen LogP contribution in [0.3, 0.4) is 0 Å². The fourth-order valence-electron chi connectivity index (χ4n) is 3.10. The number of H-pyrrole nitrogens is 1. The monoisotopic (exact) mass is 479 g/mol. The zero-order valence-corrected chi connectivity index (χ0v) is 19.9. The molecular formula is C25H29N5O5. The number of methoxy groups -OCH3 is 1. The van der Waals surface area contributed by atoms with E-state index in [1.807, 2.05) is 44.2 Å². The molecule has 0 unspecified atom stereocenters. The standard InChI is InChI=1S/C25H29N5O5/c1-17(2)35-22-10-9-19(11-23(22)33-3)13-28-30-24(31)21(12-20-14-26-16-27-20)29-25(32)34-15-18-7-5-4-6-8-18/h4-11,13-14,16-17,21H,12,15H2,1-3H3,(H,26,27)(H,29,32)(H,30,31)/b28-13-/t21-/m1/s1. The third kappa shape index (κ3) is 8.18. The minimum atomic E-state index is -0.938. The van der Waals surface area contributed by atoms with Gasteiger partial charge in [-0.3, -0.25) is 4.79 Å². The Labute approximate surface area is 203 Å². The first-order chi connectivity index (χ1) is 16.9. The summed E-state index contributed by atoms with van der Waals surface area (Å²) in [5.74, 6) is 0.648. The fourth-order valence-corrected chi connectivity index (χ4v) is 3.10. The third-order valence-electron chi connectivity index (χ3n) is 4.74. The van der Waals surface area contributed by atoms with Gasteiger partial charge >= 0.3 is 6.09 Å². The van der Waals surface area contributed by atoms with E-state index in [0.717, 1.165) is 5.56 Å². The number of nitrogens with zero attached hydrogens (tertiary/aromatic N) is 2. The minimum absolute atomic E-state index is 0.00129. The predicted molar refractivity (Wildman–Crippen MR) is 130 cm³/mol. The van der Waals surface area contributed by atoms with E-state index in [1.54, 1.807) is 31.5 Å². The zero-order valence-electron chi connectivity index (χ0n) is 19.9. The normalized spacial score (nSPS) is 11.8. The number of benzene rings is 2. The van der Waals surface area contributed by atoms with E-state index in [9.17, 15) is 9.59 Å². The second-order valence-electron chi connectivity index (χ2n) is 7.85. The van der Waals surface area contributed by atoms with Crippen LogP contribution in [0.2, 0.25) is 0 Å². The molecular weight excluding hydrogens is 450 g/mol. The van der Waals surface area contributed by atoms with Crippen LogP contribution in [-0.2, 0) is 22.6 Å². The number of hydrogen-bond acceptors (Lipinski definition) is 7. The molecule has 0 radical (unpaired) electrons. The molecule has 0 saturated heterocycles. The fraction of sp³-hybridized carbons (Fsp3) is 0.280. The molecule has 2 amide bonds. The number of alkyl carbamates (subject to hydrolysis) is 1. The molecule has 1 aromatic heterocycles. The van der Waals surface area contributed by atoms with Crippen LogP contribution >= 0.6 is 0 Å². The van der Waals surface area contributed by atoms with Crippen molar-refractivity contribution in [3.8, 4) is 11.5 Å². The Hall–Kier alpha value is -4.34. The smallest absolute Gasteiger partial charge is 0.408 e. The maximum absolute atomic E-state index is 12.8. The average molecular weight is 480 g/mol. The molecule has 0 fully saturated rings. The number of aromatic amines is 1. The molecule has 2 aromatic carbocycles. The van der Waals surface area contributed by atoms with Gasteiger partial charge in [0, 0.05) is 18.3 Å². The lowest BCUT2D eigenvalue weighted by atomic mass is 10.1. The molecule has 0 aliphatic rings. The van der Waals surface area contributed by atoms with Gasteiger partial charge in [0.2, 0.25) is 0 Å².